The maximum Gasteiger partial charge on any atom is 0.239 e. The van der Waals surface area contributed by atoms with Gasteiger partial charge in [0.05, 0.1) is 6.04 Å². The number of nitrogens with zero attached hydrogens (tertiary/aromatic N) is 1. The van der Waals surface area contributed by atoms with Gasteiger partial charge in [0.25, 0.3) is 0 Å². The summed E-state index contributed by atoms with van der Waals surface area (Å²) in [5, 5.41) is 3.44. The van der Waals surface area contributed by atoms with Crippen molar-refractivity contribution >= 4 is 5.91 Å². The Labute approximate surface area is 118 Å². The van der Waals surface area contributed by atoms with Crippen LogP contribution in [-0.4, -0.2) is 35.5 Å². The molecule has 0 bridgehead atoms. The molecule has 0 radical (unpaired) electrons. The lowest BCUT2D eigenvalue weighted by atomic mass is 9.81. The van der Waals surface area contributed by atoms with E-state index in [0.29, 0.717) is 18.0 Å². The van der Waals surface area contributed by atoms with Crippen LogP contribution in [0, 0.1) is 5.92 Å². The minimum absolute atomic E-state index is 0.0631. The van der Waals surface area contributed by atoms with Crippen molar-refractivity contribution in [3.05, 3.63) is 0 Å². The second kappa shape index (κ2) is 6.74. The standard InChI is InChI=1S/C16H30N2O/c1-4-13-8-5-6-10-15(13)18-11-7-9-14(16(18)19)17-12(2)3/h12-15,17H,4-11H2,1-3H3. The fraction of sp³-hybridized carbons (Fsp3) is 0.938. The Morgan fingerprint density at radius 3 is 2.63 bits per heavy atom. The average molecular weight is 266 g/mol. The SMILES string of the molecule is CCC1CCCCC1N1CCCC(NC(C)C)C1=O. The summed E-state index contributed by atoms with van der Waals surface area (Å²) in [6, 6.07) is 0.971. The van der Waals surface area contributed by atoms with E-state index in [9.17, 15) is 4.79 Å². The summed E-state index contributed by atoms with van der Waals surface area (Å²) in [4.78, 5) is 14.9. The number of rotatable bonds is 4. The highest BCUT2D eigenvalue weighted by atomic mass is 16.2. The summed E-state index contributed by atoms with van der Waals surface area (Å²) in [6.45, 7) is 7.51. The first-order valence-corrected chi connectivity index (χ1v) is 8.20. The molecule has 1 saturated carbocycles. The second-order valence-electron chi connectivity index (χ2n) is 6.57. The zero-order valence-corrected chi connectivity index (χ0v) is 12.8. The van der Waals surface area contributed by atoms with E-state index in [2.05, 4.69) is 31.0 Å². The molecule has 1 aliphatic heterocycles. The third kappa shape index (κ3) is 3.50. The molecule has 3 nitrogen and oxygen atoms in total. The molecule has 2 aliphatic rings. The first-order chi connectivity index (χ1) is 9.13. The molecule has 2 rings (SSSR count). The predicted octanol–water partition coefficient (Wildman–Crippen LogP) is 2.94. The van der Waals surface area contributed by atoms with Crippen molar-refractivity contribution in [2.24, 2.45) is 5.92 Å². The molecule has 0 aromatic rings. The lowest BCUT2D eigenvalue weighted by molar-refractivity contribution is -0.141. The van der Waals surface area contributed by atoms with E-state index in [4.69, 9.17) is 0 Å². The molecule has 19 heavy (non-hydrogen) atoms. The minimum atomic E-state index is 0.0631. The summed E-state index contributed by atoms with van der Waals surface area (Å²) >= 11 is 0. The topological polar surface area (TPSA) is 32.3 Å². The quantitative estimate of drug-likeness (QED) is 0.848. The van der Waals surface area contributed by atoms with Gasteiger partial charge in [0, 0.05) is 18.6 Å². The van der Waals surface area contributed by atoms with Gasteiger partial charge in [-0.1, -0.05) is 40.0 Å². The monoisotopic (exact) mass is 266 g/mol. The van der Waals surface area contributed by atoms with Crippen LogP contribution in [0.5, 0.6) is 0 Å². The fourth-order valence-electron chi connectivity index (χ4n) is 3.86. The third-order valence-corrected chi connectivity index (χ3v) is 4.80. The van der Waals surface area contributed by atoms with Gasteiger partial charge in [-0.15, -0.1) is 0 Å². The first-order valence-electron chi connectivity index (χ1n) is 8.20. The van der Waals surface area contributed by atoms with Gasteiger partial charge in [-0.25, -0.2) is 0 Å². The number of piperidine rings is 1. The normalized spacial score (nSPS) is 32.9. The maximum absolute atomic E-state index is 12.7. The van der Waals surface area contributed by atoms with Crippen LogP contribution in [0.1, 0.15) is 65.7 Å². The lowest BCUT2D eigenvalue weighted by Gasteiger charge is -2.44. The molecule has 1 aliphatic carbocycles. The fourth-order valence-corrected chi connectivity index (χ4v) is 3.86. The number of likely N-dealkylation sites (tertiary alicyclic amines) is 1. The summed E-state index contributed by atoms with van der Waals surface area (Å²) in [7, 11) is 0. The Hall–Kier alpha value is -0.570. The molecule has 3 unspecified atom stereocenters. The third-order valence-electron chi connectivity index (χ3n) is 4.80. The van der Waals surface area contributed by atoms with Gasteiger partial charge in [-0.2, -0.15) is 0 Å². The van der Waals surface area contributed by atoms with E-state index >= 15 is 0 Å². The molecule has 3 heteroatoms. The Morgan fingerprint density at radius 1 is 1.21 bits per heavy atom. The molecule has 110 valence electrons. The van der Waals surface area contributed by atoms with E-state index in [1.54, 1.807) is 0 Å². The summed E-state index contributed by atoms with van der Waals surface area (Å²) in [6.07, 6.45) is 8.57. The maximum atomic E-state index is 12.7. The van der Waals surface area contributed by atoms with Gasteiger partial charge >= 0.3 is 0 Å². The highest BCUT2D eigenvalue weighted by Crippen LogP contribution is 2.32. The van der Waals surface area contributed by atoms with Crippen LogP contribution in [0.15, 0.2) is 0 Å². The Balaban J connectivity index is 2.03. The number of carbonyl (C=O) groups excluding carboxylic acids is 1. The average Bonchev–Trinajstić information content (AvgIpc) is 2.41. The number of amides is 1. The van der Waals surface area contributed by atoms with Crippen molar-refractivity contribution in [3.8, 4) is 0 Å². The molecule has 1 N–H and O–H groups in total. The molecule has 0 aromatic heterocycles. The summed E-state index contributed by atoms with van der Waals surface area (Å²) in [5.41, 5.74) is 0. The van der Waals surface area contributed by atoms with E-state index < -0.39 is 0 Å². The van der Waals surface area contributed by atoms with Gasteiger partial charge in [0.1, 0.15) is 0 Å². The second-order valence-corrected chi connectivity index (χ2v) is 6.57. The Bertz CT molecular complexity index is 303. The molecule has 1 saturated heterocycles. The van der Waals surface area contributed by atoms with Gasteiger partial charge in [0.2, 0.25) is 5.91 Å². The van der Waals surface area contributed by atoms with Crippen LogP contribution in [-0.2, 0) is 4.79 Å². The Morgan fingerprint density at radius 2 is 1.95 bits per heavy atom. The number of carbonyl (C=O) groups is 1. The zero-order chi connectivity index (χ0) is 13.8. The van der Waals surface area contributed by atoms with Crippen LogP contribution in [0.25, 0.3) is 0 Å². The van der Waals surface area contributed by atoms with E-state index in [1.807, 2.05) is 0 Å². The van der Waals surface area contributed by atoms with Gasteiger partial charge in [-0.05, 0) is 31.6 Å². The van der Waals surface area contributed by atoms with Crippen molar-refractivity contribution in [2.75, 3.05) is 6.54 Å². The molecule has 1 heterocycles. The van der Waals surface area contributed by atoms with E-state index in [1.165, 1.54) is 32.1 Å². The van der Waals surface area contributed by atoms with Gasteiger partial charge < -0.3 is 10.2 Å². The van der Waals surface area contributed by atoms with Crippen molar-refractivity contribution in [1.82, 2.24) is 10.2 Å². The number of nitrogens with one attached hydrogen (secondary N) is 1. The first kappa shape index (κ1) is 14.8. The molecule has 3 atom stereocenters. The Kier molecular flexibility index (Phi) is 5.26. The van der Waals surface area contributed by atoms with Crippen molar-refractivity contribution in [3.63, 3.8) is 0 Å². The summed E-state index contributed by atoms with van der Waals surface area (Å²) in [5.74, 6) is 1.10. The van der Waals surface area contributed by atoms with Gasteiger partial charge in [0.15, 0.2) is 0 Å². The van der Waals surface area contributed by atoms with Crippen LogP contribution >= 0.6 is 0 Å². The van der Waals surface area contributed by atoms with E-state index in [-0.39, 0.29) is 6.04 Å². The van der Waals surface area contributed by atoms with Crippen molar-refractivity contribution < 1.29 is 4.79 Å². The zero-order valence-electron chi connectivity index (χ0n) is 12.8. The van der Waals surface area contributed by atoms with Crippen LogP contribution in [0.2, 0.25) is 0 Å². The highest BCUT2D eigenvalue weighted by molar-refractivity contribution is 5.83. The molecule has 1 amide bonds. The largest absolute Gasteiger partial charge is 0.338 e. The molecule has 0 spiro atoms. The highest BCUT2D eigenvalue weighted by Gasteiger charge is 2.37. The van der Waals surface area contributed by atoms with Crippen molar-refractivity contribution in [2.45, 2.75) is 83.8 Å². The smallest absolute Gasteiger partial charge is 0.239 e. The molecular weight excluding hydrogens is 236 g/mol. The number of hydrogen-bond donors (Lipinski definition) is 1. The van der Waals surface area contributed by atoms with E-state index in [0.717, 1.165) is 25.3 Å². The van der Waals surface area contributed by atoms with Crippen molar-refractivity contribution in [1.29, 1.82) is 0 Å². The predicted molar refractivity (Wildman–Crippen MR) is 79.0 cm³/mol. The molecular formula is C16H30N2O. The van der Waals surface area contributed by atoms with Crippen LogP contribution in [0.3, 0.4) is 0 Å². The molecule has 2 fully saturated rings. The van der Waals surface area contributed by atoms with Crippen LogP contribution < -0.4 is 5.32 Å². The summed E-state index contributed by atoms with van der Waals surface area (Å²) < 4.78 is 0. The number of hydrogen-bond acceptors (Lipinski definition) is 2. The molecule has 0 aromatic carbocycles. The lowest BCUT2D eigenvalue weighted by Crippen LogP contribution is -2.57. The van der Waals surface area contributed by atoms with Gasteiger partial charge in [-0.3, -0.25) is 4.79 Å². The minimum Gasteiger partial charge on any atom is -0.338 e. The van der Waals surface area contributed by atoms with Crippen LogP contribution in [0.4, 0.5) is 0 Å².